The zero-order valence-electron chi connectivity index (χ0n) is 21.1. The number of hydrogen-bond donors (Lipinski definition) is 0. The zero-order valence-corrected chi connectivity index (χ0v) is 22.1. The van der Waals surface area contributed by atoms with Crippen molar-refractivity contribution in [2.24, 2.45) is 5.92 Å². The molecule has 184 valence electrons. The number of anilines is 1. The molecule has 0 amide bonds. The van der Waals surface area contributed by atoms with Crippen LogP contribution in [0.15, 0.2) is 60.9 Å². The molecule has 4 aromatic rings. The lowest BCUT2D eigenvalue weighted by Gasteiger charge is -2.22. The molecule has 6 rings (SSSR count). The van der Waals surface area contributed by atoms with Gasteiger partial charge in [0.15, 0.2) is 5.82 Å². The zero-order chi connectivity index (χ0) is 24.1. The fourth-order valence-electron chi connectivity index (χ4n) is 5.68. The van der Waals surface area contributed by atoms with Crippen LogP contribution < -0.4 is 4.90 Å². The van der Waals surface area contributed by atoms with Gasteiger partial charge in [-0.05, 0) is 80.9 Å². The summed E-state index contributed by atoms with van der Waals surface area (Å²) in [5.74, 6) is 1.69. The molecule has 2 aliphatic rings. The molecule has 0 aliphatic carbocycles. The van der Waals surface area contributed by atoms with E-state index in [-0.39, 0.29) is 13.5 Å². The van der Waals surface area contributed by atoms with Gasteiger partial charge in [-0.25, -0.2) is 4.98 Å². The van der Waals surface area contributed by atoms with Gasteiger partial charge in [0.1, 0.15) is 0 Å². The van der Waals surface area contributed by atoms with Crippen LogP contribution in [-0.4, -0.2) is 52.7 Å². The van der Waals surface area contributed by atoms with Crippen LogP contribution in [0.2, 0.25) is 0 Å². The first-order valence-corrected chi connectivity index (χ1v) is 12.3. The van der Waals surface area contributed by atoms with Crippen molar-refractivity contribution in [1.29, 1.82) is 5.26 Å². The van der Waals surface area contributed by atoms with E-state index in [2.05, 4.69) is 76.5 Å². The van der Waals surface area contributed by atoms with Gasteiger partial charge in [-0.2, -0.15) is 18.8 Å². The third kappa shape index (κ3) is 4.21. The first-order valence-electron chi connectivity index (χ1n) is 12.3. The monoisotopic (exact) mass is 496 g/mol. The van der Waals surface area contributed by atoms with Crippen LogP contribution in [0.25, 0.3) is 28.3 Å². The summed E-state index contributed by atoms with van der Waals surface area (Å²) in [4.78, 5) is 9.65. The van der Waals surface area contributed by atoms with E-state index in [0.717, 1.165) is 60.4 Å². The van der Waals surface area contributed by atoms with E-state index in [1.807, 2.05) is 30.5 Å². The number of imidazole rings is 1. The molecule has 0 N–H and O–H groups in total. The minimum absolute atomic E-state index is 0. The second-order valence-corrected chi connectivity index (χ2v) is 10.2. The summed E-state index contributed by atoms with van der Waals surface area (Å²) in [6.07, 6.45) is 5.43. The molecule has 1 fully saturated rings. The predicted molar refractivity (Wildman–Crippen MR) is 150 cm³/mol. The van der Waals surface area contributed by atoms with E-state index >= 15 is 0 Å². The van der Waals surface area contributed by atoms with Crippen LogP contribution in [0.4, 0.5) is 5.69 Å². The molecular weight excluding hydrogens is 464 g/mol. The lowest BCUT2D eigenvalue weighted by molar-refractivity contribution is 0.340. The Morgan fingerprint density at radius 1 is 1.08 bits per heavy atom. The summed E-state index contributed by atoms with van der Waals surface area (Å²) in [5, 5.41) is 9.15. The number of aromatic nitrogens is 3. The molecule has 2 aliphatic heterocycles. The number of rotatable bonds is 4. The highest BCUT2D eigenvalue weighted by Crippen LogP contribution is 2.37. The maximum atomic E-state index is 9.15. The summed E-state index contributed by atoms with van der Waals surface area (Å²) in [6.45, 7) is 6.30. The third-order valence-electron chi connectivity index (χ3n) is 7.33. The summed E-state index contributed by atoms with van der Waals surface area (Å²) in [5.41, 5.74) is 9.01. The van der Waals surface area contributed by atoms with Crippen LogP contribution in [-0.2, 0) is 6.54 Å². The topological polar surface area (TPSA) is 53.0 Å². The van der Waals surface area contributed by atoms with E-state index in [4.69, 9.17) is 10.2 Å². The number of nitriles is 1. The first-order chi connectivity index (χ1) is 17.0. The van der Waals surface area contributed by atoms with Gasteiger partial charge in [-0.15, -0.1) is 0 Å². The molecule has 0 unspecified atom stereocenters. The van der Waals surface area contributed by atoms with Crippen molar-refractivity contribution >= 4 is 19.2 Å². The molecule has 0 spiro atoms. The van der Waals surface area contributed by atoms with E-state index < -0.39 is 0 Å². The Morgan fingerprint density at radius 2 is 1.89 bits per heavy atom. The average molecular weight is 497 g/mol. The van der Waals surface area contributed by atoms with Crippen LogP contribution in [0, 0.1) is 24.2 Å². The van der Waals surface area contributed by atoms with Gasteiger partial charge in [-0.3, -0.25) is 4.57 Å². The Morgan fingerprint density at radius 3 is 2.64 bits per heavy atom. The minimum Gasteiger partial charge on any atom is -0.371 e. The summed E-state index contributed by atoms with van der Waals surface area (Å²) in [6, 6.07) is 19.2. The highest BCUT2D eigenvalue weighted by atomic mass is 32.1. The largest absolute Gasteiger partial charge is 0.371 e. The fraction of sp³-hybridized carbons (Fsp3) is 0.310. The van der Waals surface area contributed by atoms with Crippen LogP contribution in [0.1, 0.15) is 23.2 Å². The number of benzene rings is 2. The molecular formula is C29H32N6S. The van der Waals surface area contributed by atoms with Crippen molar-refractivity contribution in [3.63, 3.8) is 0 Å². The smallest absolute Gasteiger partial charge is 0.161 e. The summed E-state index contributed by atoms with van der Waals surface area (Å²) < 4.78 is 4.61. The lowest BCUT2D eigenvalue weighted by atomic mass is 10.1. The Balaban J connectivity index is 0.00000267. The maximum Gasteiger partial charge on any atom is 0.161 e. The number of fused-ring (bicyclic) bond motifs is 5. The molecule has 1 saturated heterocycles. The molecule has 4 heterocycles. The molecule has 36 heavy (non-hydrogen) atoms. The third-order valence-corrected chi connectivity index (χ3v) is 7.33. The van der Waals surface area contributed by atoms with Crippen molar-refractivity contribution in [1.82, 2.24) is 19.0 Å². The van der Waals surface area contributed by atoms with Gasteiger partial charge >= 0.3 is 0 Å². The van der Waals surface area contributed by atoms with Crippen LogP contribution in [0.3, 0.4) is 0 Å². The van der Waals surface area contributed by atoms with E-state index in [0.29, 0.717) is 5.56 Å². The van der Waals surface area contributed by atoms with Gasteiger partial charge in [0, 0.05) is 55.5 Å². The van der Waals surface area contributed by atoms with Gasteiger partial charge < -0.3 is 14.4 Å². The van der Waals surface area contributed by atoms with Crippen molar-refractivity contribution in [2.75, 3.05) is 38.6 Å². The highest BCUT2D eigenvalue weighted by Gasteiger charge is 2.26. The standard InChI is InChI=1S/C29H30N6.H2S/c1-20-15-31-29-28-13-24(23-6-4-21(14-30)5-7-23)18-34(28)19-25-12-26(8-9-27(25)35(20)29)33-11-10-22(17-33)16-32(2)3;/h4-9,12-13,15,18,22H,10-11,16-17,19H2,1-3H3;1H2/t22-;/m0./s1. The van der Waals surface area contributed by atoms with Gasteiger partial charge in [0.05, 0.1) is 23.0 Å². The maximum absolute atomic E-state index is 9.15. The molecule has 1 atom stereocenters. The molecule has 2 aromatic heterocycles. The fourth-order valence-corrected chi connectivity index (χ4v) is 5.68. The Kier molecular flexibility index (Phi) is 6.42. The SMILES string of the molecule is Cc1cnc2n1-c1ccc(N3CC[C@@H](CN(C)C)C3)cc1Cn1cc(-c3ccc(C#N)cc3)cc1-2.S. The van der Waals surface area contributed by atoms with Crippen molar-refractivity contribution in [3.8, 4) is 34.4 Å². The normalized spacial score (nSPS) is 16.1. The van der Waals surface area contributed by atoms with Crippen molar-refractivity contribution in [3.05, 3.63) is 77.7 Å². The molecule has 0 radical (unpaired) electrons. The Bertz CT molecular complexity index is 1440. The van der Waals surface area contributed by atoms with Gasteiger partial charge in [0.25, 0.3) is 0 Å². The van der Waals surface area contributed by atoms with E-state index in [1.54, 1.807) is 0 Å². The summed E-state index contributed by atoms with van der Waals surface area (Å²) in [7, 11) is 4.33. The van der Waals surface area contributed by atoms with Gasteiger partial charge in [-0.1, -0.05) is 12.1 Å². The Labute approximate surface area is 219 Å². The molecule has 0 bridgehead atoms. The highest BCUT2D eigenvalue weighted by molar-refractivity contribution is 7.59. The summed E-state index contributed by atoms with van der Waals surface area (Å²) >= 11 is 0. The average Bonchev–Trinajstić information content (AvgIpc) is 3.56. The van der Waals surface area contributed by atoms with E-state index in [1.165, 1.54) is 23.4 Å². The van der Waals surface area contributed by atoms with Crippen molar-refractivity contribution < 1.29 is 0 Å². The number of aryl methyl sites for hydroxylation is 1. The second kappa shape index (κ2) is 9.53. The number of hydrogen-bond acceptors (Lipinski definition) is 4. The van der Waals surface area contributed by atoms with Crippen LogP contribution >= 0.6 is 13.5 Å². The van der Waals surface area contributed by atoms with Crippen LogP contribution in [0.5, 0.6) is 0 Å². The molecule has 7 heteroatoms. The Hall–Kier alpha value is -3.47. The molecule has 6 nitrogen and oxygen atoms in total. The second-order valence-electron chi connectivity index (χ2n) is 10.2. The molecule has 0 saturated carbocycles. The lowest BCUT2D eigenvalue weighted by Crippen LogP contribution is -2.25. The first kappa shape index (κ1) is 24.2. The van der Waals surface area contributed by atoms with Gasteiger partial charge in [0.2, 0.25) is 0 Å². The quantitative estimate of drug-likeness (QED) is 0.349. The number of nitrogens with zero attached hydrogens (tertiary/aromatic N) is 6. The predicted octanol–water partition coefficient (Wildman–Crippen LogP) is 5.05. The van der Waals surface area contributed by atoms with Crippen molar-refractivity contribution in [2.45, 2.75) is 19.9 Å². The minimum atomic E-state index is 0. The van der Waals surface area contributed by atoms with E-state index in [9.17, 15) is 0 Å². The molecule has 2 aromatic carbocycles.